The number of rotatable bonds is 2. The van der Waals surface area contributed by atoms with E-state index in [9.17, 15) is 4.79 Å². The number of para-hydroxylation sites is 1. The number of fused-ring (bicyclic) bond motifs is 1. The van der Waals surface area contributed by atoms with E-state index in [4.69, 9.17) is 14.2 Å². The number of amides is 1. The summed E-state index contributed by atoms with van der Waals surface area (Å²) in [7, 11) is 0. The number of nitrogens with zero attached hydrogens (tertiary/aromatic N) is 3. The first-order valence-electron chi connectivity index (χ1n) is 8.31. The fraction of sp³-hybridized carbons (Fsp3) is 0.389. The number of aromatic nitrogens is 2. The van der Waals surface area contributed by atoms with E-state index in [1.165, 1.54) is 0 Å². The van der Waals surface area contributed by atoms with Crippen LogP contribution in [0, 0.1) is 6.92 Å². The van der Waals surface area contributed by atoms with E-state index < -0.39 is 0 Å². The number of benzene rings is 1. The molecule has 0 N–H and O–H groups in total. The second-order valence-electron chi connectivity index (χ2n) is 5.97. The lowest BCUT2D eigenvalue weighted by atomic mass is 10.1. The predicted molar refractivity (Wildman–Crippen MR) is 88.8 cm³/mol. The van der Waals surface area contributed by atoms with Crippen LogP contribution in [-0.4, -0.2) is 53.7 Å². The fourth-order valence-corrected chi connectivity index (χ4v) is 3.08. The Morgan fingerprint density at radius 1 is 1.20 bits per heavy atom. The Kier molecular flexibility index (Phi) is 4.23. The molecule has 0 radical (unpaired) electrons. The lowest BCUT2D eigenvalue weighted by Crippen LogP contribution is -2.42. The summed E-state index contributed by atoms with van der Waals surface area (Å²) in [6, 6.07) is 7.23. The third kappa shape index (κ3) is 3.15. The quantitative estimate of drug-likeness (QED) is 0.829. The maximum atomic E-state index is 13.0. The summed E-state index contributed by atoms with van der Waals surface area (Å²) in [5.41, 5.74) is 1.32. The summed E-state index contributed by atoms with van der Waals surface area (Å²) in [6.07, 6.45) is 1.46. The normalized spacial score (nSPS) is 19.6. The fourth-order valence-electron chi connectivity index (χ4n) is 3.08. The minimum Gasteiger partial charge on any atom is -0.486 e. The van der Waals surface area contributed by atoms with Crippen molar-refractivity contribution in [1.29, 1.82) is 0 Å². The topological polar surface area (TPSA) is 73.8 Å². The van der Waals surface area contributed by atoms with Crippen molar-refractivity contribution >= 4 is 5.91 Å². The Bertz CT molecular complexity index is 796. The molecular weight excluding hydrogens is 322 g/mol. The van der Waals surface area contributed by atoms with Crippen LogP contribution < -0.4 is 9.47 Å². The standard InChI is InChI=1S/C18H19N3O4/c1-12-19-6-5-14(20-12)16-11-21(7-8-23-16)18(22)13-3-2-4-15-17(13)25-10-9-24-15/h2-6,16H,7-11H2,1H3/t16-/m1/s1. The molecule has 25 heavy (non-hydrogen) atoms. The van der Waals surface area contributed by atoms with Gasteiger partial charge in [0.1, 0.15) is 25.1 Å². The SMILES string of the molecule is Cc1nccc([C@H]2CN(C(=O)c3cccc4c3OCCO4)CCO2)n1. The van der Waals surface area contributed by atoms with Gasteiger partial charge in [0.15, 0.2) is 11.5 Å². The lowest BCUT2D eigenvalue weighted by Gasteiger charge is -2.33. The average Bonchev–Trinajstić information content (AvgIpc) is 2.67. The molecule has 1 aromatic carbocycles. The zero-order valence-electron chi connectivity index (χ0n) is 14.0. The number of hydrogen-bond acceptors (Lipinski definition) is 6. The summed E-state index contributed by atoms with van der Waals surface area (Å²) in [5, 5.41) is 0. The second-order valence-corrected chi connectivity index (χ2v) is 5.97. The number of hydrogen-bond donors (Lipinski definition) is 0. The van der Waals surface area contributed by atoms with E-state index in [1.54, 1.807) is 17.2 Å². The van der Waals surface area contributed by atoms with E-state index in [1.807, 2.05) is 25.1 Å². The summed E-state index contributed by atoms with van der Waals surface area (Å²) < 4.78 is 17.0. The molecule has 1 saturated heterocycles. The van der Waals surface area contributed by atoms with E-state index in [2.05, 4.69) is 9.97 Å². The third-order valence-electron chi connectivity index (χ3n) is 4.28. The number of carbonyl (C=O) groups is 1. The van der Waals surface area contributed by atoms with Gasteiger partial charge >= 0.3 is 0 Å². The average molecular weight is 341 g/mol. The molecule has 2 aliphatic rings. The highest BCUT2D eigenvalue weighted by Gasteiger charge is 2.30. The van der Waals surface area contributed by atoms with E-state index in [0.29, 0.717) is 55.8 Å². The molecule has 2 aromatic rings. The van der Waals surface area contributed by atoms with Crippen LogP contribution in [0.5, 0.6) is 11.5 Å². The van der Waals surface area contributed by atoms with Gasteiger partial charge in [0.25, 0.3) is 5.91 Å². The lowest BCUT2D eigenvalue weighted by molar-refractivity contribution is -0.0250. The molecule has 1 aromatic heterocycles. The van der Waals surface area contributed by atoms with Crippen LogP contribution in [0.15, 0.2) is 30.5 Å². The molecule has 7 nitrogen and oxygen atoms in total. The molecule has 2 aliphatic heterocycles. The molecule has 1 fully saturated rings. The number of aryl methyl sites for hydroxylation is 1. The summed E-state index contributed by atoms with van der Waals surface area (Å²) in [4.78, 5) is 23.3. The Morgan fingerprint density at radius 2 is 2.08 bits per heavy atom. The van der Waals surface area contributed by atoms with Crippen molar-refractivity contribution in [3.63, 3.8) is 0 Å². The summed E-state index contributed by atoms with van der Waals surface area (Å²) >= 11 is 0. The van der Waals surface area contributed by atoms with Crippen molar-refractivity contribution in [1.82, 2.24) is 14.9 Å². The molecule has 0 unspecified atom stereocenters. The highest BCUT2D eigenvalue weighted by molar-refractivity contribution is 5.98. The zero-order chi connectivity index (χ0) is 17.2. The van der Waals surface area contributed by atoms with Crippen molar-refractivity contribution < 1.29 is 19.0 Å². The minimum atomic E-state index is -0.254. The molecule has 4 rings (SSSR count). The highest BCUT2D eigenvalue weighted by Crippen LogP contribution is 2.35. The van der Waals surface area contributed by atoms with Gasteiger partial charge < -0.3 is 19.1 Å². The van der Waals surface area contributed by atoms with Crippen LogP contribution in [0.4, 0.5) is 0 Å². The van der Waals surface area contributed by atoms with Gasteiger partial charge in [-0.15, -0.1) is 0 Å². The smallest absolute Gasteiger partial charge is 0.257 e. The first-order chi connectivity index (χ1) is 12.2. The molecule has 7 heteroatoms. The van der Waals surface area contributed by atoms with Gasteiger partial charge in [0.2, 0.25) is 0 Å². The van der Waals surface area contributed by atoms with Crippen LogP contribution >= 0.6 is 0 Å². The first kappa shape index (κ1) is 15.8. The Labute approximate surface area is 145 Å². The predicted octanol–water partition coefficient (Wildman–Crippen LogP) is 1.77. The number of carbonyl (C=O) groups excluding carboxylic acids is 1. The maximum Gasteiger partial charge on any atom is 0.257 e. The van der Waals surface area contributed by atoms with Gasteiger partial charge in [-0.25, -0.2) is 9.97 Å². The van der Waals surface area contributed by atoms with Gasteiger partial charge in [-0.3, -0.25) is 4.79 Å². The van der Waals surface area contributed by atoms with Crippen molar-refractivity contribution in [2.75, 3.05) is 32.9 Å². The third-order valence-corrected chi connectivity index (χ3v) is 4.28. The zero-order valence-corrected chi connectivity index (χ0v) is 14.0. The van der Waals surface area contributed by atoms with Crippen LogP contribution in [-0.2, 0) is 4.74 Å². The van der Waals surface area contributed by atoms with Gasteiger partial charge in [-0.1, -0.05) is 6.07 Å². The van der Waals surface area contributed by atoms with E-state index >= 15 is 0 Å². The Hall–Kier alpha value is -2.67. The van der Waals surface area contributed by atoms with E-state index in [0.717, 1.165) is 5.69 Å². The van der Waals surface area contributed by atoms with Gasteiger partial charge in [-0.05, 0) is 25.1 Å². The van der Waals surface area contributed by atoms with Crippen LogP contribution in [0.3, 0.4) is 0 Å². The van der Waals surface area contributed by atoms with Gasteiger partial charge in [-0.2, -0.15) is 0 Å². The summed E-state index contributed by atoms with van der Waals surface area (Å²) in [5.74, 6) is 1.75. The van der Waals surface area contributed by atoms with Crippen molar-refractivity contribution in [2.45, 2.75) is 13.0 Å². The van der Waals surface area contributed by atoms with Crippen molar-refractivity contribution in [2.24, 2.45) is 0 Å². The molecule has 1 atom stereocenters. The molecule has 130 valence electrons. The van der Waals surface area contributed by atoms with Crippen LogP contribution in [0.2, 0.25) is 0 Å². The van der Waals surface area contributed by atoms with Crippen molar-refractivity contribution in [3.05, 3.63) is 47.5 Å². The molecule has 3 heterocycles. The van der Waals surface area contributed by atoms with Gasteiger partial charge in [0, 0.05) is 12.7 Å². The minimum absolute atomic E-state index is 0.0820. The number of morpholine rings is 1. The largest absolute Gasteiger partial charge is 0.486 e. The molecule has 0 aliphatic carbocycles. The van der Waals surface area contributed by atoms with Crippen LogP contribution in [0.25, 0.3) is 0 Å². The van der Waals surface area contributed by atoms with Crippen LogP contribution in [0.1, 0.15) is 28.0 Å². The number of ether oxygens (including phenoxy) is 3. The van der Waals surface area contributed by atoms with E-state index in [-0.39, 0.29) is 12.0 Å². The molecule has 0 bridgehead atoms. The highest BCUT2D eigenvalue weighted by atomic mass is 16.6. The first-order valence-corrected chi connectivity index (χ1v) is 8.31. The second kappa shape index (κ2) is 6.68. The maximum absolute atomic E-state index is 13.0. The Morgan fingerprint density at radius 3 is 2.96 bits per heavy atom. The van der Waals surface area contributed by atoms with Gasteiger partial charge in [0.05, 0.1) is 24.4 Å². The molecule has 0 spiro atoms. The molecule has 0 saturated carbocycles. The Balaban J connectivity index is 1.56. The summed E-state index contributed by atoms with van der Waals surface area (Å²) in [6.45, 7) is 4.22. The molecular formula is C18H19N3O4. The van der Waals surface area contributed by atoms with Crippen molar-refractivity contribution in [3.8, 4) is 11.5 Å². The monoisotopic (exact) mass is 341 g/mol. The molecule has 1 amide bonds.